The first-order valence-electron chi connectivity index (χ1n) is 6.34. The lowest BCUT2D eigenvalue weighted by Crippen LogP contribution is -2.36. The fourth-order valence-electron chi connectivity index (χ4n) is 2.17. The third-order valence-corrected chi connectivity index (χ3v) is 4.61. The van der Waals surface area contributed by atoms with Crippen LogP contribution in [0.25, 0.3) is 0 Å². The molecular weight excluding hydrogens is 270 g/mol. The predicted octanol–water partition coefficient (Wildman–Crippen LogP) is 3.03. The molecule has 0 amide bonds. The number of likely N-dealkylation sites (tertiary alicyclic amines) is 1. The van der Waals surface area contributed by atoms with Crippen LogP contribution in [-0.4, -0.2) is 44.4 Å². The van der Waals surface area contributed by atoms with Crippen molar-refractivity contribution in [1.29, 1.82) is 0 Å². The molecule has 1 fully saturated rings. The Morgan fingerprint density at radius 1 is 1.39 bits per heavy atom. The van der Waals surface area contributed by atoms with Crippen LogP contribution in [0.2, 0.25) is 5.02 Å². The molecule has 0 N–H and O–H groups in total. The second-order valence-electron chi connectivity index (χ2n) is 4.53. The Balaban J connectivity index is 1.69. The third-order valence-electron chi connectivity index (χ3n) is 3.23. The van der Waals surface area contributed by atoms with Crippen LogP contribution in [0.4, 0.5) is 0 Å². The summed E-state index contributed by atoms with van der Waals surface area (Å²) in [5.74, 6) is 0. The number of rotatable bonds is 6. The van der Waals surface area contributed by atoms with Crippen molar-refractivity contribution in [2.45, 2.75) is 25.5 Å². The van der Waals surface area contributed by atoms with E-state index in [9.17, 15) is 0 Å². The second-order valence-corrected chi connectivity index (χ2v) is 5.94. The number of nitrogens with zero attached hydrogens (tertiary/aromatic N) is 1. The summed E-state index contributed by atoms with van der Waals surface area (Å²) in [5.41, 5.74) is 0. The molecule has 0 radical (unpaired) electrons. The molecule has 102 valence electrons. The minimum atomic E-state index is 0.398. The average Bonchev–Trinajstić information content (AvgIpc) is 2.78. The molecule has 3 nitrogen and oxygen atoms in total. The van der Waals surface area contributed by atoms with E-state index in [4.69, 9.17) is 21.1 Å². The van der Waals surface area contributed by atoms with E-state index in [1.165, 1.54) is 4.88 Å². The molecule has 18 heavy (non-hydrogen) atoms. The number of ether oxygens (including phenoxy) is 2. The Labute approximate surface area is 118 Å². The minimum absolute atomic E-state index is 0.398. The van der Waals surface area contributed by atoms with Crippen LogP contribution in [-0.2, 0) is 16.0 Å². The van der Waals surface area contributed by atoms with Gasteiger partial charge in [-0.25, -0.2) is 0 Å². The number of hydrogen-bond donors (Lipinski definition) is 0. The molecule has 0 atom stereocenters. The fraction of sp³-hybridized carbons (Fsp3) is 0.692. The van der Waals surface area contributed by atoms with E-state index < -0.39 is 0 Å². The van der Waals surface area contributed by atoms with E-state index in [0.717, 1.165) is 37.5 Å². The first-order valence-corrected chi connectivity index (χ1v) is 7.60. The van der Waals surface area contributed by atoms with Crippen molar-refractivity contribution in [2.24, 2.45) is 0 Å². The van der Waals surface area contributed by atoms with Crippen LogP contribution in [0.1, 0.15) is 17.7 Å². The average molecular weight is 290 g/mol. The lowest BCUT2D eigenvalue weighted by Gasteiger charge is -2.31. The minimum Gasteiger partial charge on any atom is -0.382 e. The van der Waals surface area contributed by atoms with Gasteiger partial charge in [-0.3, -0.25) is 4.90 Å². The molecular formula is C13H20ClNO2S. The van der Waals surface area contributed by atoms with Crippen molar-refractivity contribution >= 4 is 22.9 Å². The van der Waals surface area contributed by atoms with Gasteiger partial charge in [-0.15, -0.1) is 11.3 Å². The number of halogens is 1. The van der Waals surface area contributed by atoms with E-state index in [0.29, 0.717) is 19.3 Å². The zero-order valence-electron chi connectivity index (χ0n) is 10.7. The number of piperidine rings is 1. The van der Waals surface area contributed by atoms with Gasteiger partial charge in [0.05, 0.1) is 24.3 Å². The highest BCUT2D eigenvalue weighted by Crippen LogP contribution is 2.25. The predicted molar refractivity (Wildman–Crippen MR) is 75.5 cm³/mol. The second kappa shape index (κ2) is 7.46. The molecule has 1 aromatic rings. The van der Waals surface area contributed by atoms with Gasteiger partial charge in [0.2, 0.25) is 0 Å². The Bertz CT molecular complexity index is 351. The van der Waals surface area contributed by atoms with Crippen LogP contribution in [0, 0.1) is 0 Å². The monoisotopic (exact) mass is 289 g/mol. The molecule has 5 heteroatoms. The normalized spacial score (nSPS) is 18.3. The van der Waals surface area contributed by atoms with Crippen LogP contribution in [0.15, 0.2) is 11.4 Å². The maximum absolute atomic E-state index is 6.12. The summed E-state index contributed by atoms with van der Waals surface area (Å²) in [6, 6.07) is 1.97. The van der Waals surface area contributed by atoms with Crippen LogP contribution >= 0.6 is 22.9 Å². The highest BCUT2D eigenvalue weighted by molar-refractivity contribution is 7.10. The first-order chi connectivity index (χ1) is 8.79. The van der Waals surface area contributed by atoms with Crippen LogP contribution in [0.3, 0.4) is 0 Å². The van der Waals surface area contributed by atoms with Gasteiger partial charge in [0.15, 0.2) is 0 Å². The smallest absolute Gasteiger partial charge is 0.0704 e. The van der Waals surface area contributed by atoms with E-state index in [1.54, 1.807) is 18.4 Å². The third kappa shape index (κ3) is 4.21. The zero-order valence-corrected chi connectivity index (χ0v) is 12.3. The number of thiophene rings is 1. The van der Waals surface area contributed by atoms with Crippen LogP contribution in [0.5, 0.6) is 0 Å². The van der Waals surface area contributed by atoms with Crippen molar-refractivity contribution in [2.75, 3.05) is 33.4 Å². The standard InChI is InChI=1S/C13H20ClNO2S/c1-16-7-8-17-11-2-5-15(6-3-11)10-13-12(14)4-9-18-13/h4,9,11H,2-3,5-8,10H2,1H3. The Hall–Kier alpha value is -0.130. The molecule has 0 aromatic carbocycles. The van der Waals surface area contributed by atoms with Gasteiger partial charge in [0.25, 0.3) is 0 Å². The summed E-state index contributed by atoms with van der Waals surface area (Å²) in [6.45, 7) is 4.54. The molecule has 0 spiro atoms. The quantitative estimate of drug-likeness (QED) is 0.752. The number of methoxy groups -OCH3 is 1. The van der Waals surface area contributed by atoms with Crippen molar-refractivity contribution < 1.29 is 9.47 Å². The van der Waals surface area contributed by atoms with Gasteiger partial charge in [-0.1, -0.05) is 11.6 Å². The topological polar surface area (TPSA) is 21.7 Å². The van der Waals surface area contributed by atoms with E-state index in [-0.39, 0.29) is 0 Å². The summed E-state index contributed by atoms with van der Waals surface area (Å²) in [5, 5.41) is 2.96. The van der Waals surface area contributed by atoms with Crippen molar-refractivity contribution in [3.05, 3.63) is 21.3 Å². The molecule has 0 bridgehead atoms. The Morgan fingerprint density at radius 3 is 2.78 bits per heavy atom. The van der Waals surface area contributed by atoms with Gasteiger partial charge in [-0.2, -0.15) is 0 Å². The Morgan fingerprint density at radius 2 is 2.17 bits per heavy atom. The summed E-state index contributed by atoms with van der Waals surface area (Å²) in [4.78, 5) is 3.73. The van der Waals surface area contributed by atoms with E-state index in [1.807, 2.05) is 6.07 Å². The summed E-state index contributed by atoms with van der Waals surface area (Å²) >= 11 is 7.86. The van der Waals surface area contributed by atoms with E-state index in [2.05, 4.69) is 10.3 Å². The van der Waals surface area contributed by atoms with Gasteiger partial charge in [0.1, 0.15) is 0 Å². The zero-order chi connectivity index (χ0) is 12.8. The summed E-state index contributed by atoms with van der Waals surface area (Å²) in [7, 11) is 1.71. The van der Waals surface area contributed by atoms with Crippen molar-refractivity contribution in [3.8, 4) is 0 Å². The Kier molecular flexibility index (Phi) is 5.92. The molecule has 2 heterocycles. The molecule has 1 aliphatic heterocycles. The van der Waals surface area contributed by atoms with Gasteiger partial charge in [0, 0.05) is 31.6 Å². The first kappa shape index (κ1) is 14.3. The van der Waals surface area contributed by atoms with Gasteiger partial charge in [-0.05, 0) is 24.3 Å². The highest BCUT2D eigenvalue weighted by Gasteiger charge is 2.20. The summed E-state index contributed by atoms with van der Waals surface area (Å²) < 4.78 is 10.7. The van der Waals surface area contributed by atoms with Crippen molar-refractivity contribution in [1.82, 2.24) is 4.90 Å². The van der Waals surface area contributed by atoms with Gasteiger partial charge < -0.3 is 9.47 Å². The van der Waals surface area contributed by atoms with E-state index >= 15 is 0 Å². The SMILES string of the molecule is COCCOC1CCN(Cc2sccc2Cl)CC1. The molecule has 1 aliphatic rings. The molecule has 1 saturated heterocycles. The maximum atomic E-state index is 6.12. The fourth-order valence-corrected chi connectivity index (χ4v) is 3.31. The number of hydrogen-bond acceptors (Lipinski definition) is 4. The van der Waals surface area contributed by atoms with Crippen molar-refractivity contribution in [3.63, 3.8) is 0 Å². The largest absolute Gasteiger partial charge is 0.382 e. The maximum Gasteiger partial charge on any atom is 0.0704 e. The lowest BCUT2D eigenvalue weighted by atomic mass is 10.1. The molecule has 2 rings (SSSR count). The highest BCUT2D eigenvalue weighted by atomic mass is 35.5. The molecule has 1 aromatic heterocycles. The lowest BCUT2D eigenvalue weighted by molar-refractivity contribution is -0.0156. The summed E-state index contributed by atoms with van der Waals surface area (Å²) in [6.07, 6.45) is 2.61. The molecule has 0 unspecified atom stereocenters. The van der Waals surface area contributed by atoms with Crippen LogP contribution < -0.4 is 0 Å². The van der Waals surface area contributed by atoms with Gasteiger partial charge >= 0.3 is 0 Å². The molecule has 0 saturated carbocycles. The molecule has 0 aliphatic carbocycles.